The average molecular weight is 1470 g/mol. The van der Waals surface area contributed by atoms with E-state index in [0.717, 1.165) is 55.6 Å². The summed E-state index contributed by atoms with van der Waals surface area (Å²) in [5.74, 6) is 3.84. The Bertz CT molecular complexity index is 7840. The highest BCUT2D eigenvalue weighted by atomic mass is 15.0. The topological polar surface area (TPSA) is 77.3 Å². The minimum Gasteiger partial charge on any atom is -0.208 e. The van der Waals surface area contributed by atoms with Crippen molar-refractivity contribution in [1.82, 2.24) is 29.9 Å². The van der Waals surface area contributed by atoms with Gasteiger partial charge >= 0.3 is 0 Å². The molecule has 0 fully saturated rings. The lowest BCUT2D eigenvalue weighted by atomic mass is 9.87. The van der Waals surface area contributed by atoms with E-state index in [1.54, 1.807) is 0 Å². The highest BCUT2D eigenvalue weighted by Gasteiger charge is 2.21. The quantitative estimate of drug-likeness (QED) is 0.127. The van der Waals surface area contributed by atoms with Crippen molar-refractivity contribution in [1.29, 1.82) is 0 Å². The Hall–Kier alpha value is -15.5. The molecule has 6 heteroatoms. The highest BCUT2D eigenvalue weighted by Crippen LogP contribution is 2.47. The fourth-order valence-electron chi connectivity index (χ4n) is 17.6. The number of rotatable bonds is 10. The standard InChI is InChI=1S/C57H35N3.C53H33N3/c1-2-14-38(15-3-1)55-58-56(39-30-26-36(27-31-39)51-34-41-16-4-5-17-42(41)43-18-6-8-21-46(43)51)60-57(59-55)40-32-28-37(29-33-40)52-35-53-47-22-9-7-19-44(47)45-20-10-12-24-49(45)54(53)50-25-13-11-23-48(50)52;1-2-13-37(14-3-1)51-54-52(38-27-22-35(23-28-38)41-31-24-34-12-4-5-15-40(34)32-41)56-53(55-51)39-29-25-36(26-30-39)48-33-49-44-18-7-6-16-42(44)43-17-8-10-20-46(43)50(49)47-21-11-9-19-45(47)48/h1-35H;1-33H. The van der Waals surface area contributed by atoms with Gasteiger partial charge in [0.25, 0.3) is 0 Å². The van der Waals surface area contributed by atoms with Gasteiger partial charge in [-0.3, -0.25) is 0 Å². The normalized spacial score (nSPS) is 11.6. The summed E-state index contributed by atoms with van der Waals surface area (Å²) < 4.78 is 0. The molecule has 0 bridgehead atoms. The molecule has 0 aliphatic rings. The predicted octanol–water partition coefficient (Wildman–Crippen LogP) is 29.1. The zero-order valence-corrected chi connectivity index (χ0v) is 62.9. The van der Waals surface area contributed by atoms with Crippen LogP contribution < -0.4 is 0 Å². The fourth-order valence-corrected chi connectivity index (χ4v) is 17.6. The van der Waals surface area contributed by atoms with Crippen molar-refractivity contribution in [3.8, 4) is 113 Å². The summed E-state index contributed by atoms with van der Waals surface area (Å²) in [7, 11) is 0. The molecule has 116 heavy (non-hydrogen) atoms. The molecular weight excluding hydrogens is 1410 g/mol. The number of nitrogens with zero attached hydrogens (tertiary/aromatic N) is 6. The van der Waals surface area contributed by atoms with Crippen LogP contribution in [0.15, 0.2) is 413 Å². The van der Waals surface area contributed by atoms with E-state index in [1.807, 2.05) is 48.5 Å². The van der Waals surface area contributed by atoms with Crippen LogP contribution >= 0.6 is 0 Å². The number of aromatic nitrogens is 6. The van der Waals surface area contributed by atoms with Crippen molar-refractivity contribution in [3.63, 3.8) is 0 Å². The van der Waals surface area contributed by atoms with E-state index in [9.17, 15) is 0 Å². The van der Waals surface area contributed by atoms with Crippen LogP contribution in [0.3, 0.4) is 0 Å². The van der Waals surface area contributed by atoms with Gasteiger partial charge in [-0.1, -0.05) is 388 Å². The Labute approximate surface area is 669 Å². The van der Waals surface area contributed by atoms with E-state index in [0.29, 0.717) is 34.9 Å². The third kappa shape index (κ3) is 11.9. The molecule has 0 N–H and O–H groups in total. The lowest BCUT2D eigenvalue weighted by Gasteiger charge is -2.16. The van der Waals surface area contributed by atoms with E-state index >= 15 is 0 Å². The summed E-state index contributed by atoms with van der Waals surface area (Å²) in [6, 6.07) is 147. The predicted molar refractivity (Wildman–Crippen MR) is 487 cm³/mol. The third-order valence-electron chi connectivity index (χ3n) is 23.2. The maximum atomic E-state index is 5.13. The molecule has 0 radical (unpaired) electrons. The molecular formula is C110H68N6. The maximum Gasteiger partial charge on any atom is 0.164 e. The molecule has 2 heterocycles. The van der Waals surface area contributed by atoms with Crippen molar-refractivity contribution in [3.05, 3.63) is 413 Å². The van der Waals surface area contributed by atoms with Gasteiger partial charge in [-0.05, 0) is 187 Å². The molecule has 23 rings (SSSR count). The molecule has 0 saturated carbocycles. The molecule has 0 atom stereocenters. The van der Waals surface area contributed by atoms with Gasteiger partial charge in [-0.2, -0.15) is 0 Å². The molecule has 0 aliphatic heterocycles. The molecule has 0 amide bonds. The van der Waals surface area contributed by atoms with Crippen LogP contribution in [0.5, 0.6) is 0 Å². The summed E-state index contributed by atoms with van der Waals surface area (Å²) in [6.07, 6.45) is 0. The van der Waals surface area contributed by atoms with Crippen molar-refractivity contribution < 1.29 is 0 Å². The average Bonchev–Trinajstić information content (AvgIpc) is 0.722. The van der Waals surface area contributed by atoms with Gasteiger partial charge in [0.15, 0.2) is 34.9 Å². The van der Waals surface area contributed by atoms with Gasteiger partial charge in [0.2, 0.25) is 0 Å². The van der Waals surface area contributed by atoms with Gasteiger partial charge in [0.05, 0.1) is 0 Å². The largest absolute Gasteiger partial charge is 0.208 e. The zero-order valence-electron chi connectivity index (χ0n) is 62.9. The molecule has 0 aliphatic carbocycles. The van der Waals surface area contributed by atoms with Crippen LogP contribution in [0.2, 0.25) is 0 Å². The first-order valence-electron chi connectivity index (χ1n) is 39.5. The number of benzene rings is 21. The molecule has 23 aromatic rings. The number of hydrogen-bond acceptors (Lipinski definition) is 6. The van der Waals surface area contributed by atoms with Crippen LogP contribution in [0.1, 0.15) is 0 Å². The number of fused-ring (bicyclic) bond motifs is 20. The molecule has 6 nitrogen and oxygen atoms in total. The lowest BCUT2D eigenvalue weighted by Crippen LogP contribution is -2.00. The van der Waals surface area contributed by atoms with Crippen molar-refractivity contribution in [2.24, 2.45) is 0 Å². The summed E-state index contributed by atoms with van der Waals surface area (Å²) >= 11 is 0. The third-order valence-corrected chi connectivity index (χ3v) is 23.2. The van der Waals surface area contributed by atoms with E-state index in [2.05, 4.69) is 364 Å². The van der Waals surface area contributed by atoms with Crippen LogP contribution in [0.25, 0.3) is 231 Å². The molecule has 0 spiro atoms. The second-order valence-electron chi connectivity index (χ2n) is 29.9. The van der Waals surface area contributed by atoms with Crippen LogP contribution in [-0.4, -0.2) is 29.9 Å². The molecule has 2 aromatic heterocycles. The fraction of sp³-hybridized carbons (Fsp3) is 0. The maximum absolute atomic E-state index is 5.13. The van der Waals surface area contributed by atoms with Crippen LogP contribution in [0, 0.1) is 0 Å². The first-order valence-corrected chi connectivity index (χ1v) is 39.5. The molecule has 21 aromatic carbocycles. The Balaban J connectivity index is 0.000000141. The monoisotopic (exact) mass is 1470 g/mol. The van der Waals surface area contributed by atoms with E-state index < -0.39 is 0 Å². The van der Waals surface area contributed by atoms with E-state index in [-0.39, 0.29) is 0 Å². The first kappa shape index (κ1) is 67.4. The minimum absolute atomic E-state index is 0.635. The Morgan fingerprint density at radius 3 is 0.707 bits per heavy atom. The second kappa shape index (κ2) is 28.4. The zero-order chi connectivity index (χ0) is 76.6. The van der Waals surface area contributed by atoms with E-state index in [4.69, 9.17) is 29.9 Å². The molecule has 0 saturated heterocycles. The van der Waals surface area contributed by atoms with Crippen LogP contribution in [-0.2, 0) is 0 Å². The second-order valence-corrected chi connectivity index (χ2v) is 29.9. The smallest absolute Gasteiger partial charge is 0.164 e. The highest BCUT2D eigenvalue weighted by molar-refractivity contribution is 6.34. The van der Waals surface area contributed by atoms with Crippen molar-refractivity contribution in [2.75, 3.05) is 0 Å². The van der Waals surface area contributed by atoms with Crippen molar-refractivity contribution in [2.45, 2.75) is 0 Å². The van der Waals surface area contributed by atoms with Gasteiger partial charge in [-0.15, -0.1) is 0 Å². The Morgan fingerprint density at radius 2 is 0.336 bits per heavy atom. The lowest BCUT2D eigenvalue weighted by molar-refractivity contribution is 1.07. The van der Waals surface area contributed by atoms with Gasteiger partial charge in [-0.25, -0.2) is 29.9 Å². The summed E-state index contributed by atoms with van der Waals surface area (Å²) in [5.41, 5.74) is 15.0. The number of hydrogen-bond donors (Lipinski definition) is 0. The van der Waals surface area contributed by atoms with Gasteiger partial charge in [0.1, 0.15) is 0 Å². The molecule has 538 valence electrons. The first-order chi connectivity index (χ1) is 57.5. The van der Waals surface area contributed by atoms with E-state index in [1.165, 1.54) is 141 Å². The summed E-state index contributed by atoms with van der Waals surface area (Å²) in [4.78, 5) is 30.3. The van der Waals surface area contributed by atoms with Crippen molar-refractivity contribution >= 4 is 118 Å². The minimum atomic E-state index is 0.635. The van der Waals surface area contributed by atoms with Crippen LogP contribution in [0.4, 0.5) is 0 Å². The summed E-state index contributed by atoms with van der Waals surface area (Å²) in [6.45, 7) is 0. The van der Waals surface area contributed by atoms with Gasteiger partial charge < -0.3 is 0 Å². The van der Waals surface area contributed by atoms with Gasteiger partial charge in [0, 0.05) is 33.4 Å². The SMILES string of the molecule is c1ccc(-c2nc(-c3ccc(-c4cc5ccccc5c5ccccc45)cc3)nc(-c3ccc(-c4cc5c6ccccc6c6ccccc6c5c5ccccc45)cc3)n2)cc1.c1ccc(-c2nc(-c3ccc(-c4ccc5ccccc5c4)cc3)nc(-c3ccc(-c4cc5c6ccccc6c6ccccc6c5c5ccccc45)cc3)n2)cc1. The Morgan fingerprint density at radius 1 is 0.112 bits per heavy atom. The molecule has 0 unspecified atom stereocenters. The summed E-state index contributed by atoms with van der Waals surface area (Å²) in [5, 5.41) is 27.7. The Kier molecular flexibility index (Phi) is 16.5.